The zero-order valence-electron chi connectivity index (χ0n) is 17.4. The molecule has 0 N–H and O–H groups in total. The number of nitrogens with zero attached hydrogens (tertiary/aromatic N) is 4. The second kappa shape index (κ2) is 8.75. The Morgan fingerprint density at radius 1 is 1.12 bits per heavy atom. The van der Waals surface area contributed by atoms with Gasteiger partial charge in [0, 0.05) is 50.4 Å². The van der Waals surface area contributed by atoms with E-state index in [2.05, 4.69) is 9.97 Å². The third-order valence-corrected chi connectivity index (χ3v) is 7.22. The molecule has 2 atom stereocenters. The fraction of sp³-hybridized carbons (Fsp3) is 0.333. The lowest BCUT2D eigenvalue weighted by Crippen LogP contribution is -2.30. The van der Waals surface area contributed by atoms with E-state index in [4.69, 9.17) is 4.74 Å². The Bertz CT molecular complexity index is 1230. The molecule has 1 aliphatic heterocycles. The average molecular weight is 484 g/mol. The minimum Gasteiger partial charge on any atom is -0.477 e. The number of sulfonamides is 1. The smallest absolute Gasteiger partial charge is 0.416 e. The Kier molecular flexibility index (Phi) is 6.14. The van der Waals surface area contributed by atoms with Crippen LogP contribution in [-0.4, -0.2) is 47.0 Å². The number of aromatic nitrogens is 3. The third-order valence-electron chi connectivity index (χ3n) is 5.50. The van der Waals surface area contributed by atoms with Crippen LogP contribution in [0.15, 0.2) is 60.1 Å². The van der Waals surface area contributed by atoms with Gasteiger partial charge in [0.25, 0.3) is 10.0 Å². The van der Waals surface area contributed by atoms with Crippen molar-refractivity contribution in [3.63, 3.8) is 0 Å². The molecule has 12 heteroatoms. The molecule has 4 rings (SSSR count). The van der Waals surface area contributed by atoms with Crippen LogP contribution in [0.3, 0.4) is 0 Å². The molecule has 1 aliphatic rings. The molecule has 3 heterocycles. The summed E-state index contributed by atoms with van der Waals surface area (Å²) in [6.45, 7) is 0.0685. The number of hydrogen-bond donors (Lipinski definition) is 0. The van der Waals surface area contributed by atoms with Crippen LogP contribution in [0.25, 0.3) is 0 Å². The van der Waals surface area contributed by atoms with Crippen molar-refractivity contribution in [3.8, 4) is 5.88 Å². The van der Waals surface area contributed by atoms with Crippen LogP contribution in [0.1, 0.15) is 17.0 Å². The summed E-state index contributed by atoms with van der Waals surface area (Å²) in [7, 11) is -2.25. The maximum absolute atomic E-state index is 13.4. The highest BCUT2D eigenvalue weighted by molar-refractivity contribution is 7.89. The fourth-order valence-electron chi connectivity index (χ4n) is 3.80. The van der Waals surface area contributed by atoms with Crippen LogP contribution in [0.5, 0.6) is 5.88 Å². The van der Waals surface area contributed by atoms with Crippen molar-refractivity contribution >= 4 is 10.0 Å². The standard InChI is InChI=1S/C21H20F4N4O3S/c1-28-11-20(27-13-28)33(30,31)29-9-15(18(10-29)14-2-4-17(22)5-3-14)12-32-19-8-16(6-7-26-19)21(23,24)25/h2-8,11,13,15,18H,9-10,12H2,1H3. The monoisotopic (exact) mass is 484 g/mol. The van der Waals surface area contributed by atoms with Crippen molar-refractivity contribution in [3.05, 3.63) is 72.1 Å². The van der Waals surface area contributed by atoms with Gasteiger partial charge in [-0.05, 0) is 23.8 Å². The lowest BCUT2D eigenvalue weighted by atomic mass is 9.89. The molecular formula is C21H20F4N4O3S. The highest BCUT2D eigenvalue weighted by Gasteiger charge is 2.41. The van der Waals surface area contributed by atoms with Crippen molar-refractivity contribution in [2.45, 2.75) is 17.1 Å². The number of pyridine rings is 1. The Hall–Kier alpha value is -2.99. The number of alkyl halides is 3. The summed E-state index contributed by atoms with van der Waals surface area (Å²) in [5.41, 5.74) is -0.200. The summed E-state index contributed by atoms with van der Waals surface area (Å²) in [5.74, 6) is -1.43. The number of halogens is 4. The number of imidazole rings is 1. The van der Waals surface area contributed by atoms with Gasteiger partial charge in [0.2, 0.25) is 5.88 Å². The Morgan fingerprint density at radius 3 is 2.48 bits per heavy atom. The predicted molar refractivity (Wildman–Crippen MR) is 109 cm³/mol. The normalized spacial score (nSPS) is 19.7. The minimum atomic E-state index is -4.54. The highest BCUT2D eigenvalue weighted by atomic mass is 32.2. The maximum atomic E-state index is 13.4. The molecule has 1 saturated heterocycles. The van der Waals surface area contributed by atoms with Crippen molar-refractivity contribution in [2.24, 2.45) is 13.0 Å². The molecule has 0 amide bonds. The average Bonchev–Trinajstić information content (AvgIpc) is 3.40. The Labute approximate surface area is 187 Å². The van der Waals surface area contributed by atoms with Gasteiger partial charge in [0.05, 0.1) is 18.5 Å². The summed E-state index contributed by atoms with van der Waals surface area (Å²) < 4.78 is 86.8. The molecule has 7 nitrogen and oxygen atoms in total. The van der Waals surface area contributed by atoms with Gasteiger partial charge in [0.1, 0.15) is 5.82 Å². The van der Waals surface area contributed by atoms with Crippen LogP contribution in [0, 0.1) is 11.7 Å². The molecule has 3 aromatic rings. The van der Waals surface area contributed by atoms with Gasteiger partial charge in [-0.1, -0.05) is 12.1 Å². The minimum absolute atomic E-state index is 0.0555. The highest BCUT2D eigenvalue weighted by Crippen LogP contribution is 2.36. The van der Waals surface area contributed by atoms with E-state index in [1.165, 1.54) is 33.5 Å². The van der Waals surface area contributed by atoms with E-state index in [-0.39, 0.29) is 36.5 Å². The molecule has 0 aliphatic carbocycles. The van der Waals surface area contributed by atoms with Gasteiger partial charge >= 0.3 is 6.18 Å². The molecular weight excluding hydrogens is 464 g/mol. The first kappa shape index (κ1) is 23.2. The number of hydrogen-bond acceptors (Lipinski definition) is 5. The molecule has 176 valence electrons. The van der Waals surface area contributed by atoms with Crippen molar-refractivity contribution in [2.75, 3.05) is 19.7 Å². The SMILES string of the molecule is Cn1cnc(S(=O)(=O)N2CC(COc3cc(C(F)(F)F)ccn3)C(c3ccc(F)cc3)C2)c1. The molecule has 33 heavy (non-hydrogen) atoms. The number of ether oxygens (including phenoxy) is 1. The Morgan fingerprint density at radius 2 is 1.85 bits per heavy atom. The second-order valence-electron chi connectivity index (χ2n) is 7.81. The van der Waals surface area contributed by atoms with Gasteiger partial charge in [-0.3, -0.25) is 0 Å². The molecule has 0 bridgehead atoms. The van der Waals surface area contributed by atoms with Gasteiger partial charge in [0.15, 0.2) is 5.03 Å². The molecule has 2 aromatic heterocycles. The van der Waals surface area contributed by atoms with E-state index in [9.17, 15) is 26.0 Å². The molecule has 0 saturated carbocycles. The van der Waals surface area contributed by atoms with E-state index in [0.717, 1.165) is 18.3 Å². The van der Waals surface area contributed by atoms with Gasteiger partial charge in [-0.25, -0.2) is 22.8 Å². The third kappa shape index (κ3) is 5.01. The van der Waals surface area contributed by atoms with Crippen LogP contribution < -0.4 is 4.74 Å². The van der Waals surface area contributed by atoms with Gasteiger partial charge in [-0.15, -0.1) is 0 Å². The van der Waals surface area contributed by atoms with E-state index in [0.29, 0.717) is 5.56 Å². The van der Waals surface area contributed by atoms with Crippen LogP contribution in [0.2, 0.25) is 0 Å². The summed E-state index contributed by atoms with van der Waals surface area (Å²) in [4.78, 5) is 7.75. The van der Waals surface area contributed by atoms with Crippen molar-refractivity contribution in [1.29, 1.82) is 0 Å². The largest absolute Gasteiger partial charge is 0.477 e. The van der Waals surface area contributed by atoms with Crippen LogP contribution in [0.4, 0.5) is 17.6 Å². The summed E-state index contributed by atoms with van der Waals surface area (Å²) >= 11 is 0. The van der Waals surface area contributed by atoms with E-state index >= 15 is 0 Å². The lowest BCUT2D eigenvalue weighted by molar-refractivity contribution is -0.137. The predicted octanol–water partition coefficient (Wildman–Crippen LogP) is 3.46. The molecule has 0 radical (unpaired) electrons. The van der Waals surface area contributed by atoms with Crippen molar-refractivity contribution in [1.82, 2.24) is 18.8 Å². The number of aryl methyl sites for hydroxylation is 1. The molecule has 1 aromatic carbocycles. The van der Waals surface area contributed by atoms with Crippen molar-refractivity contribution < 1.29 is 30.7 Å². The Balaban J connectivity index is 1.58. The van der Waals surface area contributed by atoms with E-state index in [1.54, 1.807) is 19.2 Å². The van der Waals surface area contributed by atoms with Gasteiger partial charge in [-0.2, -0.15) is 17.5 Å². The first-order chi connectivity index (χ1) is 15.5. The molecule has 2 unspecified atom stereocenters. The summed E-state index contributed by atoms with van der Waals surface area (Å²) in [5, 5.41) is -0.107. The van der Waals surface area contributed by atoms with Crippen LogP contribution in [-0.2, 0) is 23.2 Å². The van der Waals surface area contributed by atoms with Crippen LogP contribution >= 0.6 is 0 Å². The molecule has 1 fully saturated rings. The van der Waals surface area contributed by atoms with E-state index < -0.39 is 33.5 Å². The number of benzene rings is 1. The zero-order valence-corrected chi connectivity index (χ0v) is 18.2. The summed E-state index contributed by atoms with van der Waals surface area (Å²) in [6, 6.07) is 7.31. The van der Waals surface area contributed by atoms with Gasteiger partial charge < -0.3 is 9.30 Å². The second-order valence-corrected chi connectivity index (χ2v) is 9.69. The lowest BCUT2D eigenvalue weighted by Gasteiger charge is -2.19. The number of rotatable bonds is 6. The first-order valence-corrected chi connectivity index (χ1v) is 11.4. The van der Waals surface area contributed by atoms with E-state index in [1.807, 2.05) is 0 Å². The summed E-state index contributed by atoms with van der Waals surface area (Å²) in [6.07, 6.45) is -0.778. The quantitative estimate of drug-likeness (QED) is 0.501. The molecule has 0 spiro atoms. The zero-order chi connectivity index (χ0) is 23.8. The topological polar surface area (TPSA) is 77.3 Å². The maximum Gasteiger partial charge on any atom is 0.416 e. The fourth-order valence-corrected chi connectivity index (χ4v) is 5.28. The first-order valence-electron chi connectivity index (χ1n) is 9.93.